The van der Waals surface area contributed by atoms with Crippen molar-refractivity contribution in [1.29, 1.82) is 0 Å². The van der Waals surface area contributed by atoms with Crippen molar-refractivity contribution in [2.45, 2.75) is 12.6 Å². The Morgan fingerprint density at radius 1 is 0.900 bits per heavy atom. The van der Waals surface area contributed by atoms with Crippen molar-refractivity contribution >= 4 is 28.5 Å². The molecule has 2 rings (SSSR count). The van der Waals surface area contributed by atoms with E-state index in [9.17, 15) is 22.8 Å². The summed E-state index contributed by atoms with van der Waals surface area (Å²) in [6.07, 6.45) is -3.47. The summed E-state index contributed by atoms with van der Waals surface area (Å²) in [5.74, 6) is -1.94. The van der Waals surface area contributed by atoms with Gasteiger partial charge in [0, 0.05) is 12.0 Å². The molecule has 0 unspecified atom stereocenters. The van der Waals surface area contributed by atoms with Gasteiger partial charge in [0.15, 0.2) is 11.6 Å². The molecule has 1 aliphatic carbocycles. The van der Waals surface area contributed by atoms with Crippen LogP contribution >= 0.6 is 17.0 Å². The van der Waals surface area contributed by atoms with E-state index in [-0.39, 0.29) is 23.4 Å². The molecule has 0 amide bonds. The Hall–Kier alpha value is -1.69. The molecule has 106 valence electrons. The second kappa shape index (κ2) is 6.17. The standard InChI is InChI=1S/C14H9F3O2.BrH/c15-14(16,17)13-10(11(18)6-7-12(13)19)8-9-4-2-1-3-5-9;/h1-7H,8H2;1H. The van der Waals surface area contributed by atoms with Crippen LogP contribution in [0.1, 0.15) is 5.56 Å². The van der Waals surface area contributed by atoms with Crippen LogP contribution in [0.2, 0.25) is 0 Å². The Balaban J connectivity index is 0.00000200. The van der Waals surface area contributed by atoms with E-state index in [1.165, 1.54) is 0 Å². The van der Waals surface area contributed by atoms with Gasteiger partial charge in [0.25, 0.3) is 0 Å². The van der Waals surface area contributed by atoms with Crippen molar-refractivity contribution in [2.24, 2.45) is 0 Å². The van der Waals surface area contributed by atoms with Crippen LogP contribution in [0.5, 0.6) is 0 Å². The number of allylic oxidation sites excluding steroid dienone is 4. The quantitative estimate of drug-likeness (QED) is 0.769. The molecule has 0 aliphatic heterocycles. The minimum atomic E-state index is -4.82. The van der Waals surface area contributed by atoms with E-state index in [4.69, 9.17) is 0 Å². The average molecular weight is 347 g/mol. The van der Waals surface area contributed by atoms with Gasteiger partial charge >= 0.3 is 6.18 Å². The van der Waals surface area contributed by atoms with Gasteiger partial charge in [0.2, 0.25) is 0 Å². The molecule has 0 radical (unpaired) electrons. The summed E-state index contributed by atoms with van der Waals surface area (Å²) >= 11 is 0. The molecule has 0 bridgehead atoms. The van der Waals surface area contributed by atoms with E-state index in [1.807, 2.05) is 0 Å². The van der Waals surface area contributed by atoms with Gasteiger partial charge in [-0.05, 0) is 17.7 Å². The van der Waals surface area contributed by atoms with Crippen LogP contribution in [-0.4, -0.2) is 17.7 Å². The fourth-order valence-electron chi connectivity index (χ4n) is 1.89. The first-order chi connectivity index (χ1) is 8.89. The van der Waals surface area contributed by atoms with Gasteiger partial charge in [0.05, 0.1) is 0 Å². The van der Waals surface area contributed by atoms with Gasteiger partial charge in [-0.1, -0.05) is 30.3 Å². The predicted molar refractivity (Wildman–Crippen MR) is 72.7 cm³/mol. The smallest absolute Gasteiger partial charge is 0.290 e. The summed E-state index contributed by atoms with van der Waals surface area (Å²) in [6, 6.07) is 8.26. The lowest BCUT2D eigenvalue weighted by atomic mass is 9.90. The number of hydrogen-bond acceptors (Lipinski definition) is 2. The number of alkyl halides is 3. The number of ketones is 2. The molecule has 0 spiro atoms. The minimum absolute atomic E-state index is 0. The first-order valence-electron chi connectivity index (χ1n) is 5.50. The summed E-state index contributed by atoms with van der Waals surface area (Å²) in [5, 5.41) is 0. The van der Waals surface area contributed by atoms with Crippen LogP contribution < -0.4 is 0 Å². The highest BCUT2D eigenvalue weighted by molar-refractivity contribution is 8.93. The van der Waals surface area contributed by atoms with Crippen LogP contribution in [0.3, 0.4) is 0 Å². The number of carbonyl (C=O) groups excluding carboxylic acids is 2. The third-order valence-corrected chi connectivity index (χ3v) is 2.74. The maximum Gasteiger partial charge on any atom is 0.420 e. The van der Waals surface area contributed by atoms with Crippen molar-refractivity contribution in [3.05, 3.63) is 59.2 Å². The summed E-state index contributed by atoms with van der Waals surface area (Å²) in [4.78, 5) is 23.0. The molecule has 20 heavy (non-hydrogen) atoms. The molecule has 1 aromatic rings. The van der Waals surface area contributed by atoms with E-state index < -0.39 is 28.9 Å². The van der Waals surface area contributed by atoms with E-state index in [0.717, 1.165) is 6.08 Å². The summed E-state index contributed by atoms with van der Waals surface area (Å²) in [6.45, 7) is 0. The lowest BCUT2D eigenvalue weighted by Gasteiger charge is -2.17. The maximum atomic E-state index is 12.9. The topological polar surface area (TPSA) is 34.1 Å². The molecule has 0 atom stereocenters. The van der Waals surface area contributed by atoms with Crippen molar-refractivity contribution in [1.82, 2.24) is 0 Å². The lowest BCUT2D eigenvalue weighted by molar-refractivity contribution is -0.128. The number of halogens is 4. The number of carbonyl (C=O) groups is 2. The number of benzene rings is 1. The molecule has 1 aliphatic rings. The largest absolute Gasteiger partial charge is 0.420 e. The molecule has 0 heterocycles. The SMILES string of the molecule is Br.O=C1C=CC(=O)C(C(F)(F)F)=C1Cc1ccccc1. The second-order valence-corrected chi connectivity index (χ2v) is 4.08. The molecule has 0 saturated carbocycles. The van der Waals surface area contributed by atoms with Crippen LogP contribution in [0, 0.1) is 0 Å². The van der Waals surface area contributed by atoms with Crippen molar-refractivity contribution in [2.75, 3.05) is 0 Å². The fraction of sp³-hybridized carbons (Fsp3) is 0.143. The Morgan fingerprint density at radius 3 is 2.00 bits per heavy atom. The van der Waals surface area contributed by atoms with Gasteiger partial charge in [-0.2, -0.15) is 13.2 Å². The predicted octanol–water partition coefficient (Wildman–Crippen LogP) is 3.37. The molecule has 1 aromatic carbocycles. The van der Waals surface area contributed by atoms with E-state index >= 15 is 0 Å². The highest BCUT2D eigenvalue weighted by Gasteiger charge is 2.42. The van der Waals surface area contributed by atoms with Crippen molar-refractivity contribution in [3.8, 4) is 0 Å². The first-order valence-corrected chi connectivity index (χ1v) is 5.50. The van der Waals surface area contributed by atoms with Crippen LogP contribution in [0.4, 0.5) is 13.2 Å². The Labute approximate surface area is 123 Å². The molecule has 6 heteroatoms. The zero-order valence-corrected chi connectivity index (χ0v) is 11.8. The maximum absolute atomic E-state index is 12.9. The van der Waals surface area contributed by atoms with Crippen molar-refractivity contribution in [3.63, 3.8) is 0 Å². The van der Waals surface area contributed by atoms with Gasteiger partial charge in [-0.25, -0.2) is 0 Å². The summed E-state index contributed by atoms with van der Waals surface area (Å²) in [5.41, 5.74) is -1.30. The molecule has 0 N–H and O–H groups in total. The molecular weight excluding hydrogens is 337 g/mol. The van der Waals surface area contributed by atoms with Crippen LogP contribution in [-0.2, 0) is 16.0 Å². The van der Waals surface area contributed by atoms with Crippen molar-refractivity contribution < 1.29 is 22.8 Å². The zero-order chi connectivity index (χ0) is 14.0. The van der Waals surface area contributed by atoms with E-state index in [1.54, 1.807) is 30.3 Å². The van der Waals surface area contributed by atoms with Gasteiger partial charge in [-0.3, -0.25) is 9.59 Å². The van der Waals surface area contributed by atoms with Crippen LogP contribution in [0.15, 0.2) is 53.6 Å². The average Bonchev–Trinajstić information content (AvgIpc) is 2.33. The first kappa shape index (κ1) is 16.4. The summed E-state index contributed by atoms with van der Waals surface area (Å²) < 4.78 is 38.6. The molecule has 0 aromatic heterocycles. The lowest BCUT2D eigenvalue weighted by Crippen LogP contribution is -2.27. The van der Waals surface area contributed by atoms with E-state index in [0.29, 0.717) is 11.6 Å². The molecule has 0 saturated heterocycles. The molecular formula is C14H10BrF3O2. The number of hydrogen-bond donors (Lipinski definition) is 0. The summed E-state index contributed by atoms with van der Waals surface area (Å²) in [7, 11) is 0. The van der Waals surface area contributed by atoms with Crippen LogP contribution in [0.25, 0.3) is 0 Å². The normalized spacial score (nSPS) is 15.3. The number of rotatable bonds is 2. The third-order valence-electron chi connectivity index (χ3n) is 2.74. The van der Waals surface area contributed by atoms with Gasteiger partial charge in [0.1, 0.15) is 5.57 Å². The van der Waals surface area contributed by atoms with Gasteiger partial charge < -0.3 is 0 Å². The highest BCUT2D eigenvalue weighted by atomic mass is 79.9. The van der Waals surface area contributed by atoms with Gasteiger partial charge in [-0.15, -0.1) is 17.0 Å². The zero-order valence-electron chi connectivity index (χ0n) is 10.1. The third kappa shape index (κ3) is 3.45. The Bertz CT molecular complexity index is 586. The minimum Gasteiger partial charge on any atom is -0.290 e. The fourth-order valence-corrected chi connectivity index (χ4v) is 1.89. The molecule has 2 nitrogen and oxygen atoms in total. The Morgan fingerprint density at radius 2 is 1.45 bits per heavy atom. The van der Waals surface area contributed by atoms with E-state index in [2.05, 4.69) is 0 Å². The highest BCUT2D eigenvalue weighted by Crippen LogP contribution is 2.33. The Kier molecular flexibility index (Phi) is 5.05. The second-order valence-electron chi connectivity index (χ2n) is 4.08. The monoisotopic (exact) mass is 346 g/mol. The molecule has 0 fully saturated rings.